The summed E-state index contributed by atoms with van der Waals surface area (Å²) in [5.41, 5.74) is 2.50. The van der Waals surface area contributed by atoms with E-state index in [-0.39, 0.29) is 0 Å². The molecule has 0 amide bonds. The molecule has 1 aromatic heterocycles. The van der Waals surface area contributed by atoms with Crippen LogP contribution in [0.1, 0.15) is 39.3 Å². The zero-order chi connectivity index (χ0) is 11.7. The molecular weight excluding hydrogens is 196 g/mol. The van der Waals surface area contributed by atoms with Crippen LogP contribution in [0.25, 0.3) is 10.9 Å². The lowest BCUT2D eigenvalue weighted by Crippen LogP contribution is -2.00. The number of hydrogen-bond acceptors (Lipinski definition) is 1. The standard InChI is InChI=1S/C14H20N2/c1-10(2)7-12-5-6-13-9-16(11(3)4)15-14(13)8-12/h5-6,8-11H,7H2,1-4H3. The molecule has 0 N–H and O–H groups in total. The molecule has 0 spiro atoms. The summed E-state index contributed by atoms with van der Waals surface area (Å²) in [6, 6.07) is 7.04. The molecule has 0 atom stereocenters. The number of benzene rings is 1. The van der Waals surface area contributed by atoms with Gasteiger partial charge in [0.2, 0.25) is 0 Å². The van der Waals surface area contributed by atoms with Crippen molar-refractivity contribution < 1.29 is 0 Å². The Labute approximate surface area is 97.3 Å². The highest BCUT2D eigenvalue weighted by atomic mass is 15.3. The second-order valence-corrected chi connectivity index (χ2v) is 5.19. The molecule has 16 heavy (non-hydrogen) atoms. The van der Waals surface area contributed by atoms with Crippen LogP contribution in [0, 0.1) is 5.92 Å². The number of rotatable bonds is 3. The third kappa shape index (κ3) is 2.26. The van der Waals surface area contributed by atoms with Crippen molar-refractivity contribution in [3.05, 3.63) is 30.0 Å². The topological polar surface area (TPSA) is 17.8 Å². The Balaban J connectivity index is 2.38. The molecule has 0 aliphatic carbocycles. The highest BCUT2D eigenvalue weighted by Gasteiger charge is 2.05. The quantitative estimate of drug-likeness (QED) is 0.762. The summed E-state index contributed by atoms with van der Waals surface area (Å²) in [5, 5.41) is 5.83. The van der Waals surface area contributed by atoms with E-state index < -0.39 is 0 Å². The van der Waals surface area contributed by atoms with Crippen molar-refractivity contribution in [1.29, 1.82) is 0 Å². The molecule has 1 heterocycles. The SMILES string of the molecule is CC(C)Cc1ccc2cn(C(C)C)nc2c1. The van der Waals surface area contributed by atoms with Crippen molar-refractivity contribution in [2.45, 2.75) is 40.2 Å². The molecule has 2 heteroatoms. The van der Waals surface area contributed by atoms with Gasteiger partial charge in [-0.2, -0.15) is 5.10 Å². The van der Waals surface area contributed by atoms with E-state index in [2.05, 4.69) is 57.2 Å². The maximum atomic E-state index is 4.60. The molecule has 2 aromatic rings. The summed E-state index contributed by atoms with van der Waals surface area (Å²) in [4.78, 5) is 0. The third-order valence-corrected chi connectivity index (χ3v) is 2.76. The lowest BCUT2D eigenvalue weighted by molar-refractivity contribution is 0.537. The van der Waals surface area contributed by atoms with Crippen LogP contribution in [0.3, 0.4) is 0 Å². The Hall–Kier alpha value is -1.31. The molecular formula is C14H20N2. The molecule has 1 aromatic carbocycles. The summed E-state index contributed by atoms with van der Waals surface area (Å²) >= 11 is 0. The van der Waals surface area contributed by atoms with E-state index in [1.54, 1.807) is 0 Å². The molecule has 0 radical (unpaired) electrons. The van der Waals surface area contributed by atoms with E-state index in [0.717, 1.165) is 11.9 Å². The first kappa shape index (κ1) is 11.2. The van der Waals surface area contributed by atoms with Crippen LogP contribution in [0.15, 0.2) is 24.4 Å². The van der Waals surface area contributed by atoms with Crippen LogP contribution in [0.5, 0.6) is 0 Å². The van der Waals surface area contributed by atoms with Crippen LogP contribution < -0.4 is 0 Å². The average Bonchev–Trinajstić information content (AvgIpc) is 2.59. The molecule has 0 saturated carbocycles. The minimum absolute atomic E-state index is 0.431. The Morgan fingerprint density at radius 2 is 1.94 bits per heavy atom. The average molecular weight is 216 g/mol. The monoisotopic (exact) mass is 216 g/mol. The summed E-state index contributed by atoms with van der Waals surface area (Å²) in [6.07, 6.45) is 3.25. The molecule has 2 nitrogen and oxygen atoms in total. The maximum absolute atomic E-state index is 4.60. The number of fused-ring (bicyclic) bond motifs is 1. The van der Waals surface area contributed by atoms with Gasteiger partial charge in [0.1, 0.15) is 0 Å². The molecule has 0 aliphatic rings. The molecule has 0 fully saturated rings. The van der Waals surface area contributed by atoms with E-state index in [4.69, 9.17) is 0 Å². The first-order chi connectivity index (χ1) is 7.56. The highest BCUT2D eigenvalue weighted by molar-refractivity contribution is 5.78. The molecule has 0 unspecified atom stereocenters. The predicted molar refractivity (Wildman–Crippen MR) is 68.7 cm³/mol. The molecule has 2 rings (SSSR count). The smallest absolute Gasteiger partial charge is 0.0926 e. The highest BCUT2D eigenvalue weighted by Crippen LogP contribution is 2.18. The second-order valence-electron chi connectivity index (χ2n) is 5.19. The first-order valence-electron chi connectivity index (χ1n) is 6.04. The predicted octanol–water partition coefficient (Wildman–Crippen LogP) is 3.82. The van der Waals surface area contributed by atoms with E-state index in [1.165, 1.54) is 10.9 Å². The zero-order valence-electron chi connectivity index (χ0n) is 10.6. The lowest BCUT2D eigenvalue weighted by atomic mass is 10.0. The summed E-state index contributed by atoms with van der Waals surface area (Å²) in [6.45, 7) is 8.80. The van der Waals surface area contributed by atoms with Gasteiger partial charge in [-0.1, -0.05) is 26.0 Å². The van der Waals surface area contributed by atoms with Gasteiger partial charge in [0, 0.05) is 17.6 Å². The minimum Gasteiger partial charge on any atom is -0.269 e. The Bertz CT molecular complexity index is 480. The van der Waals surface area contributed by atoms with Crippen molar-refractivity contribution in [2.75, 3.05) is 0 Å². The summed E-state index contributed by atoms with van der Waals surface area (Å²) in [5.74, 6) is 0.699. The number of aromatic nitrogens is 2. The second kappa shape index (κ2) is 4.28. The molecule has 0 saturated heterocycles. The number of nitrogens with zero attached hydrogens (tertiary/aromatic N) is 2. The van der Waals surface area contributed by atoms with Crippen molar-refractivity contribution in [2.24, 2.45) is 5.92 Å². The van der Waals surface area contributed by atoms with Crippen molar-refractivity contribution in [1.82, 2.24) is 9.78 Å². The zero-order valence-corrected chi connectivity index (χ0v) is 10.6. The van der Waals surface area contributed by atoms with Gasteiger partial charge >= 0.3 is 0 Å². The third-order valence-electron chi connectivity index (χ3n) is 2.76. The summed E-state index contributed by atoms with van der Waals surface area (Å²) in [7, 11) is 0. The van der Waals surface area contributed by atoms with Crippen molar-refractivity contribution in [3.8, 4) is 0 Å². The van der Waals surface area contributed by atoms with E-state index in [9.17, 15) is 0 Å². The van der Waals surface area contributed by atoms with Crippen LogP contribution in [0.2, 0.25) is 0 Å². The van der Waals surface area contributed by atoms with Crippen LogP contribution in [0.4, 0.5) is 0 Å². The van der Waals surface area contributed by atoms with Gasteiger partial charge in [0.25, 0.3) is 0 Å². The van der Waals surface area contributed by atoms with E-state index in [0.29, 0.717) is 12.0 Å². The van der Waals surface area contributed by atoms with E-state index in [1.807, 2.05) is 4.68 Å². The maximum Gasteiger partial charge on any atom is 0.0926 e. The Kier molecular flexibility index (Phi) is 2.99. The normalized spacial score (nSPS) is 11.9. The van der Waals surface area contributed by atoms with Crippen molar-refractivity contribution in [3.63, 3.8) is 0 Å². The molecule has 86 valence electrons. The lowest BCUT2D eigenvalue weighted by Gasteiger charge is -2.04. The fraction of sp³-hybridized carbons (Fsp3) is 0.500. The Morgan fingerprint density at radius 3 is 2.56 bits per heavy atom. The van der Waals surface area contributed by atoms with Gasteiger partial charge in [-0.25, -0.2) is 0 Å². The summed E-state index contributed by atoms with van der Waals surface area (Å²) < 4.78 is 2.03. The van der Waals surface area contributed by atoms with Crippen molar-refractivity contribution >= 4 is 10.9 Å². The molecule has 0 bridgehead atoms. The van der Waals surface area contributed by atoms with Gasteiger partial charge in [-0.05, 0) is 37.8 Å². The van der Waals surface area contributed by atoms with Crippen LogP contribution in [-0.2, 0) is 6.42 Å². The van der Waals surface area contributed by atoms with Gasteiger partial charge in [-0.3, -0.25) is 4.68 Å². The van der Waals surface area contributed by atoms with Gasteiger partial charge in [0.15, 0.2) is 0 Å². The van der Waals surface area contributed by atoms with Crippen LogP contribution in [-0.4, -0.2) is 9.78 Å². The first-order valence-corrected chi connectivity index (χ1v) is 6.04. The van der Waals surface area contributed by atoms with Gasteiger partial charge < -0.3 is 0 Å². The fourth-order valence-corrected chi connectivity index (χ4v) is 1.94. The molecule has 0 aliphatic heterocycles. The Morgan fingerprint density at radius 1 is 1.19 bits per heavy atom. The largest absolute Gasteiger partial charge is 0.269 e. The minimum atomic E-state index is 0.431. The van der Waals surface area contributed by atoms with Gasteiger partial charge in [-0.15, -0.1) is 0 Å². The van der Waals surface area contributed by atoms with Gasteiger partial charge in [0.05, 0.1) is 5.52 Å². The van der Waals surface area contributed by atoms with E-state index >= 15 is 0 Å². The van der Waals surface area contributed by atoms with Crippen LogP contribution >= 0.6 is 0 Å². The fourth-order valence-electron chi connectivity index (χ4n) is 1.94. The number of hydrogen-bond donors (Lipinski definition) is 0.